The SMILES string of the molecule is CC(=O)OC1CN(Cc2ccccc2)c2nc3c(c(=O)n(C)c(=O)n3C)n2C1. The van der Waals surface area contributed by atoms with Gasteiger partial charge < -0.3 is 14.2 Å². The zero-order chi connectivity index (χ0) is 20.0. The van der Waals surface area contributed by atoms with Crippen molar-refractivity contribution in [3.8, 4) is 0 Å². The number of benzene rings is 1. The molecule has 1 unspecified atom stereocenters. The van der Waals surface area contributed by atoms with Gasteiger partial charge in [-0.25, -0.2) is 4.79 Å². The molecule has 1 aliphatic rings. The molecule has 2 aromatic heterocycles. The summed E-state index contributed by atoms with van der Waals surface area (Å²) in [5.74, 6) is 0.207. The lowest BCUT2D eigenvalue weighted by atomic mass is 10.2. The van der Waals surface area contributed by atoms with Gasteiger partial charge in [0.05, 0.1) is 13.1 Å². The van der Waals surface area contributed by atoms with Crippen molar-refractivity contribution in [3.05, 3.63) is 56.7 Å². The van der Waals surface area contributed by atoms with Gasteiger partial charge in [-0.1, -0.05) is 30.3 Å². The van der Waals surface area contributed by atoms with Gasteiger partial charge in [0.2, 0.25) is 5.95 Å². The first-order chi connectivity index (χ1) is 13.4. The summed E-state index contributed by atoms with van der Waals surface area (Å²) in [6.07, 6.45) is -0.423. The third-order valence-corrected chi connectivity index (χ3v) is 4.97. The molecule has 9 heteroatoms. The highest BCUT2D eigenvalue weighted by Gasteiger charge is 2.31. The molecule has 0 fully saturated rings. The molecule has 9 nitrogen and oxygen atoms in total. The Morgan fingerprint density at radius 1 is 1.14 bits per heavy atom. The summed E-state index contributed by atoms with van der Waals surface area (Å²) < 4.78 is 9.63. The van der Waals surface area contributed by atoms with E-state index in [2.05, 4.69) is 4.98 Å². The van der Waals surface area contributed by atoms with Crippen LogP contribution in [0, 0.1) is 0 Å². The fourth-order valence-electron chi connectivity index (χ4n) is 3.69. The molecule has 146 valence electrons. The van der Waals surface area contributed by atoms with Crippen LogP contribution < -0.4 is 16.1 Å². The van der Waals surface area contributed by atoms with Crippen LogP contribution in [0.2, 0.25) is 0 Å². The Morgan fingerprint density at radius 2 is 1.86 bits per heavy atom. The number of esters is 1. The number of carbonyl (C=O) groups excluding carboxylic acids is 1. The molecule has 0 aliphatic carbocycles. The van der Waals surface area contributed by atoms with Crippen LogP contribution in [0.4, 0.5) is 5.95 Å². The average molecular weight is 383 g/mol. The Balaban J connectivity index is 1.90. The Bertz CT molecular complexity index is 1170. The van der Waals surface area contributed by atoms with Crippen molar-refractivity contribution in [2.45, 2.75) is 26.1 Å². The molecule has 3 aromatic rings. The fourth-order valence-corrected chi connectivity index (χ4v) is 3.69. The first-order valence-electron chi connectivity index (χ1n) is 8.99. The maximum atomic E-state index is 12.8. The van der Waals surface area contributed by atoms with Crippen molar-refractivity contribution >= 4 is 23.1 Å². The molecular formula is C19H21N5O4. The smallest absolute Gasteiger partial charge is 0.332 e. The summed E-state index contributed by atoms with van der Waals surface area (Å²) >= 11 is 0. The number of ether oxygens (including phenoxy) is 1. The van der Waals surface area contributed by atoms with E-state index in [-0.39, 0.29) is 5.97 Å². The second-order valence-electron chi connectivity index (χ2n) is 7.00. The van der Waals surface area contributed by atoms with Crippen LogP contribution >= 0.6 is 0 Å². The van der Waals surface area contributed by atoms with Crippen LogP contribution in [0.25, 0.3) is 11.2 Å². The summed E-state index contributed by atoms with van der Waals surface area (Å²) in [5, 5.41) is 0. The third-order valence-electron chi connectivity index (χ3n) is 4.97. The van der Waals surface area contributed by atoms with Gasteiger partial charge in [0, 0.05) is 27.6 Å². The van der Waals surface area contributed by atoms with Gasteiger partial charge in [0.25, 0.3) is 5.56 Å². The Morgan fingerprint density at radius 3 is 2.54 bits per heavy atom. The number of hydrogen-bond donors (Lipinski definition) is 0. The van der Waals surface area contributed by atoms with Gasteiger partial charge in [0.1, 0.15) is 6.10 Å². The highest BCUT2D eigenvalue weighted by Crippen LogP contribution is 2.27. The van der Waals surface area contributed by atoms with E-state index in [4.69, 9.17) is 4.74 Å². The van der Waals surface area contributed by atoms with E-state index in [0.29, 0.717) is 36.7 Å². The van der Waals surface area contributed by atoms with Crippen LogP contribution in [-0.2, 0) is 36.7 Å². The molecule has 1 atom stereocenters. The molecule has 0 amide bonds. The average Bonchev–Trinajstić information content (AvgIpc) is 3.05. The van der Waals surface area contributed by atoms with Crippen LogP contribution in [-0.4, -0.2) is 37.3 Å². The van der Waals surface area contributed by atoms with Gasteiger partial charge in [-0.05, 0) is 5.56 Å². The maximum absolute atomic E-state index is 12.8. The first-order valence-corrected chi connectivity index (χ1v) is 8.99. The zero-order valence-corrected chi connectivity index (χ0v) is 16.0. The summed E-state index contributed by atoms with van der Waals surface area (Å²) in [4.78, 5) is 43.2. The lowest BCUT2D eigenvalue weighted by molar-refractivity contribution is -0.146. The summed E-state index contributed by atoms with van der Waals surface area (Å²) in [6.45, 7) is 2.66. The van der Waals surface area contributed by atoms with E-state index in [1.807, 2.05) is 35.2 Å². The first kappa shape index (κ1) is 18.0. The normalized spacial score (nSPS) is 16.2. The standard InChI is InChI=1S/C19H21N5O4/c1-12(25)28-14-10-23(9-13-7-5-4-6-8-13)18-20-16-15(24(18)11-14)17(26)22(3)19(27)21(16)2/h4-8,14H,9-11H2,1-3H3. The summed E-state index contributed by atoms with van der Waals surface area (Å²) in [6, 6.07) is 9.83. The molecule has 0 radical (unpaired) electrons. The molecule has 3 heterocycles. The van der Waals surface area contributed by atoms with E-state index >= 15 is 0 Å². The van der Waals surface area contributed by atoms with Crippen molar-refractivity contribution in [2.75, 3.05) is 11.4 Å². The van der Waals surface area contributed by atoms with Gasteiger partial charge in [0.15, 0.2) is 11.2 Å². The van der Waals surface area contributed by atoms with Crippen molar-refractivity contribution < 1.29 is 9.53 Å². The Hall–Kier alpha value is -3.36. The topological polar surface area (TPSA) is 91.4 Å². The van der Waals surface area contributed by atoms with Crippen LogP contribution in [0.3, 0.4) is 0 Å². The number of carbonyl (C=O) groups is 1. The molecule has 0 bridgehead atoms. The molecule has 28 heavy (non-hydrogen) atoms. The minimum Gasteiger partial charge on any atom is -0.459 e. The van der Waals surface area contributed by atoms with E-state index in [0.717, 1.165) is 10.1 Å². The lowest BCUT2D eigenvalue weighted by Crippen LogP contribution is -2.44. The molecular weight excluding hydrogens is 362 g/mol. The highest BCUT2D eigenvalue weighted by atomic mass is 16.5. The predicted molar refractivity (Wildman–Crippen MR) is 103 cm³/mol. The summed E-state index contributed by atoms with van der Waals surface area (Å²) in [7, 11) is 3.03. The van der Waals surface area contributed by atoms with Gasteiger partial charge >= 0.3 is 11.7 Å². The van der Waals surface area contributed by atoms with Gasteiger partial charge in [-0.2, -0.15) is 4.98 Å². The fraction of sp³-hybridized carbons (Fsp3) is 0.368. The van der Waals surface area contributed by atoms with Crippen LogP contribution in [0.5, 0.6) is 0 Å². The van der Waals surface area contributed by atoms with Gasteiger partial charge in [-0.3, -0.25) is 18.7 Å². The zero-order valence-electron chi connectivity index (χ0n) is 16.0. The monoisotopic (exact) mass is 383 g/mol. The molecule has 0 saturated carbocycles. The van der Waals surface area contributed by atoms with Crippen molar-refractivity contribution in [1.29, 1.82) is 0 Å². The number of aryl methyl sites for hydroxylation is 1. The number of fused-ring (bicyclic) bond motifs is 3. The molecule has 0 saturated heterocycles. The minimum atomic E-state index is -0.431. The number of aromatic nitrogens is 4. The van der Waals surface area contributed by atoms with E-state index in [1.54, 1.807) is 11.6 Å². The lowest BCUT2D eigenvalue weighted by Gasteiger charge is -2.34. The van der Waals surface area contributed by atoms with Gasteiger partial charge in [-0.15, -0.1) is 0 Å². The highest BCUT2D eigenvalue weighted by molar-refractivity contribution is 5.75. The maximum Gasteiger partial charge on any atom is 0.332 e. The largest absolute Gasteiger partial charge is 0.459 e. The molecule has 1 aromatic carbocycles. The number of hydrogen-bond acceptors (Lipinski definition) is 6. The Labute approximate surface area is 160 Å². The molecule has 0 N–H and O–H groups in total. The van der Waals surface area contributed by atoms with Crippen molar-refractivity contribution in [1.82, 2.24) is 18.7 Å². The number of imidazole rings is 1. The number of nitrogens with zero attached hydrogens (tertiary/aromatic N) is 5. The molecule has 1 aliphatic heterocycles. The van der Waals surface area contributed by atoms with Crippen LogP contribution in [0.1, 0.15) is 12.5 Å². The third kappa shape index (κ3) is 2.88. The van der Waals surface area contributed by atoms with E-state index in [9.17, 15) is 14.4 Å². The molecule has 4 rings (SSSR count). The number of rotatable bonds is 3. The van der Waals surface area contributed by atoms with E-state index in [1.165, 1.54) is 18.5 Å². The van der Waals surface area contributed by atoms with Crippen molar-refractivity contribution in [3.63, 3.8) is 0 Å². The summed E-state index contributed by atoms with van der Waals surface area (Å²) in [5.41, 5.74) is 0.865. The second kappa shape index (κ2) is 6.66. The number of anilines is 1. The Kier molecular flexibility index (Phi) is 4.29. The van der Waals surface area contributed by atoms with E-state index < -0.39 is 17.4 Å². The van der Waals surface area contributed by atoms with Crippen LogP contribution in [0.15, 0.2) is 39.9 Å². The predicted octanol–water partition coefficient (Wildman–Crippen LogP) is 0.386. The quantitative estimate of drug-likeness (QED) is 0.608. The minimum absolute atomic E-state index is 0.310. The second-order valence-corrected chi connectivity index (χ2v) is 7.00. The van der Waals surface area contributed by atoms with Crippen molar-refractivity contribution in [2.24, 2.45) is 14.1 Å². The molecule has 0 spiro atoms.